The van der Waals surface area contributed by atoms with Crippen LogP contribution in [-0.2, 0) is 0 Å². The maximum atomic E-state index is 12.5. The van der Waals surface area contributed by atoms with E-state index in [1.807, 2.05) is 4.90 Å². The molecule has 0 aromatic carbocycles. The highest BCUT2D eigenvalue weighted by Gasteiger charge is 2.24. The molecular formula is C14H24N4O. The molecule has 0 spiro atoms. The standard InChI is InChI=1S/C14H24N4O/c1-5-11(6-2)18(9-10(3)4)14(19)12-7-17-13(15)8-16-12/h7-8,10-11H,5-6,9H2,1-4H3,(H2,15,17). The maximum Gasteiger partial charge on any atom is 0.274 e. The number of carbonyl (C=O) groups excluding carboxylic acids is 1. The second-order valence-corrected chi connectivity index (χ2v) is 5.15. The third-order valence-corrected chi connectivity index (χ3v) is 3.10. The summed E-state index contributed by atoms with van der Waals surface area (Å²) in [6.07, 6.45) is 4.76. The van der Waals surface area contributed by atoms with E-state index >= 15 is 0 Å². The number of hydrogen-bond acceptors (Lipinski definition) is 4. The van der Waals surface area contributed by atoms with E-state index in [4.69, 9.17) is 5.73 Å². The van der Waals surface area contributed by atoms with Crippen LogP contribution in [0.5, 0.6) is 0 Å². The molecule has 1 rings (SSSR count). The molecule has 0 saturated heterocycles. The summed E-state index contributed by atoms with van der Waals surface area (Å²) in [5.41, 5.74) is 5.86. The van der Waals surface area contributed by atoms with Gasteiger partial charge in [-0.25, -0.2) is 9.97 Å². The molecule has 0 radical (unpaired) electrons. The van der Waals surface area contributed by atoms with Crippen LogP contribution in [0.15, 0.2) is 12.4 Å². The van der Waals surface area contributed by atoms with Gasteiger partial charge in [-0.2, -0.15) is 0 Å². The lowest BCUT2D eigenvalue weighted by Gasteiger charge is -2.31. The molecule has 0 aliphatic heterocycles. The summed E-state index contributed by atoms with van der Waals surface area (Å²) in [4.78, 5) is 22.5. The van der Waals surface area contributed by atoms with Crippen LogP contribution in [0.25, 0.3) is 0 Å². The minimum absolute atomic E-state index is 0.0603. The van der Waals surface area contributed by atoms with Gasteiger partial charge in [0.05, 0.1) is 12.4 Å². The average molecular weight is 264 g/mol. The molecular weight excluding hydrogens is 240 g/mol. The van der Waals surface area contributed by atoms with Crippen molar-refractivity contribution in [2.24, 2.45) is 5.92 Å². The van der Waals surface area contributed by atoms with E-state index in [1.54, 1.807) is 0 Å². The van der Waals surface area contributed by atoms with Crippen LogP contribution < -0.4 is 5.73 Å². The quantitative estimate of drug-likeness (QED) is 0.856. The first-order valence-corrected chi connectivity index (χ1v) is 6.88. The highest BCUT2D eigenvalue weighted by molar-refractivity contribution is 5.92. The Bertz CT molecular complexity index is 398. The number of anilines is 1. The van der Waals surface area contributed by atoms with E-state index in [2.05, 4.69) is 37.7 Å². The Kier molecular flexibility index (Phi) is 5.73. The average Bonchev–Trinajstić information content (AvgIpc) is 2.38. The van der Waals surface area contributed by atoms with E-state index in [1.165, 1.54) is 12.4 Å². The summed E-state index contributed by atoms with van der Waals surface area (Å²) >= 11 is 0. The zero-order valence-corrected chi connectivity index (χ0v) is 12.3. The van der Waals surface area contributed by atoms with Crippen molar-refractivity contribution in [3.05, 3.63) is 18.1 Å². The number of amides is 1. The molecule has 0 saturated carbocycles. The van der Waals surface area contributed by atoms with Gasteiger partial charge >= 0.3 is 0 Å². The first-order valence-electron chi connectivity index (χ1n) is 6.88. The van der Waals surface area contributed by atoms with E-state index in [0.717, 1.165) is 19.4 Å². The first-order chi connectivity index (χ1) is 8.99. The van der Waals surface area contributed by atoms with Crippen LogP contribution in [0.4, 0.5) is 5.82 Å². The van der Waals surface area contributed by atoms with Crippen molar-refractivity contribution in [3.63, 3.8) is 0 Å². The number of nitrogen functional groups attached to an aromatic ring is 1. The molecule has 1 amide bonds. The second-order valence-electron chi connectivity index (χ2n) is 5.15. The Morgan fingerprint density at radius 1 is 1.26 bits per heavy atom. The number of hydrogen-bond donors (Lipinski definition) is 1. The van der Waals surface area contributed by atoms with Crippen molar-refractivity contribution in [2.45, 2.75) is 46.6 Å². The monoisotopic (exact) mass is 264 g/mol. The van der Waals surface area contributed by atoms with Crippen molar-refractivity contribution in [2.75, 3.05) is 12.3 Å². The van der Waals surface area contributed by atoms with E-state index in [0.29, 0.717) is 17.4 Å². The summed E-state index contributed by atoms with van der Waals surface area (Å²) in [7, 11) is 0. The van der Waals surface area contributed by atoms with Gasteiger partial charge in [0, 0.05) is 12.6 Å². The van der Waals surface area contributed by atoms with E-state index in [-0.39, 0.29) is 11.9 Å². The summed E-state index contributed by atoms with van der Waals surface area (Å²) in [5, 5.41) is 0. The maximum absolute atomic E-state index is 12.5. The van der Waals surface area contributed by atoms with Crippen LogP contribution in [0.3, 0.4) is 0 Å². The molecule has 0 aliphatic carbocycles. The normalized spacial score (nSPS) is 11.1. The Balaban J connectivity index is 2.96. The van der Waals surface area contributed by atoms with Gasteiger partial charge in [0.15, 0.2) is 0 Å². The van der Waals surface area contributed by atoms with Crippen molar-refractivity contribution in [3.8, 4) is 0 Å². The first kappa shape index (κ1) is 15.4. The predicted octanol–water partition coefficient (Wildman–Crippen LogP) is 2.35. The van der Waals surface area contributed by atoms with Crippen LogP contribution in [0, 0.1) is 5.92 Å². The molecule has 19 heavy (non-hydrogen) atoms. The summed E-state index contributed by atoms with van der Waals surface area (Å²) in [6, 6.07) is 0.245. The molecule has 1 aromatic rings. The molecule has 0 atom stereocenters. The van der Waals surface area contributed by atoms with Gasteiger partial charge in [-0.05, 0) is 18.8 Å². The van der Waals surface area contributed by atoms with Gasteiger partial charge in [0.25, 0.3) is 5.91 Å². The third kappa shape index (κ3) is 4.19. The van der Waals surface area contributed by atoms with Gasteiger partial charge in [0.1, 0.15) is 11.5 Å². The van der Waals surface area contributed by atoms with Crippen molar-refractivity contribution >= 4 is 11.7 Å². The van der Waals surface area contributed by atoms with Crippen LogP contribution in [-0.4, -0.2) is 33.4 Å². The number of carbonyl (C=O) groups is 1. The van der Waals surface area contributed by atoms with Gasteiger partial charge < -0.3 is 10.6 Å². The molecule has 106 valence electrons. The Hall–Kier alpha value is -1.65. The molecule has 0 bridgehead atoms. The van der Waals surface area contributed by atoms with E-state index in [9.17, 15) is 4.79 Å². The zero-order chi connectivity index (χ0) is 14.4. The predicted molar refractivity (Wildman–Crippen MR) is 76.7 cm³/mol. The lowest BCUT2D eigenvalue weighted by atomic mass is 10.1. The molecule has 2 N–H and O–H groups in total. The molecule has 1 aromatic heterocycles. The summed E-state index contributed by atoms with van der Waals surface area (Å²) in [6.45, 7) is 9.15. The highest BCUT2D eigenvalue weighted by Crippen LogP contribution is 2.14. The fourth-order valence-corrected chi connectivity index (χ4v) is 2.12. The van der Waals surface area contributed by atoms with Crippen molar-refractivity contribution < 1.29 is 4.79 Å². The SMILES string of the molecule is CCC(CC)N(CC(C)C)C(=O)c1cnc(N)cn1. The number of nitrogens with zero attached hydrogens (tertiary/aromatic N) is 3. The Labute approximate surface area is 115 Å². The van der Waals surface area contributed by atoms with Gasteiger partial charge in [-0.3, -0.25) is 4.79 Å². The largest absolute Gasteiger partial charge is 0.382 e. The van der Waals surface area contributed by atoms with Crippen LogP contribution in [0.2, 0.25) is 0 Å². The molecule has 5 heteroatoms. The van der Waals surface area contributed by atoms with Crippen LogP contribution in [0.1, 0.15) is 51.0 Å². The molecule has 0 unspecified atom stereocenters. The zero-order valence-electron chi connectivity index (χ0n) is 12.3. The number of aromatic nitrogens is 2. The molecule has 0 aliphatic rings. The fourth-order valence-electron chi connectivity index (χ4n) is 2.12. The Morgan fingerprint density at radius 2 is 1.89 bits per heavy atom. The molecule has 5 nitrogen and oxygen atoms in total. The van der Waals surface area contributed by atoms with Gasteiger partial charge in [-0.1, -0.05) is 27.7 Å². The Morgan fingerprint density at radius 3 is 2.32 bits per heavy atom. The molecule has 1 heterocycles. The van der Waals surface area contributed by atoms with Crippen molar-refractivity contribution in [1.82, 2.24) is 14.9 Å². The summed E-state index contributed by atoms with van der Waals surface area (Å²) < 4.78 is 0. The highest BCUT2D eigenvalue weighted by atomic mass is 16.2. The minimum Gasteiger partial charge on any atom is -0.382 e. The number of rotatable bonds is 6. The van der Waals surface area contributed by atoms with Gasteiger partial charge in [-0.15, -0.1) is 0 Å². The lowest BCUT2D eigenvalue weighted by Crippen LogP contribution is -2.42. The topological polar surface area (TPSA) is 72.1 Å². The fraction of sp³-hybridized carbons (Fsp3) is 0.643. The van der Waals surface area contributed by atoms with Crippen molar-refractivity contribution in [1.29, 1.82) is 0 Å². The van der Waals surface area contributed by atoms with E-state index < -0.39 is 0 Å². The summed E-state index contributed by atoms with van der Waals surface area (Å²) in [5.74, 6) is 0.690. The smallest absolute Gasteiger partial charge is 0.274 e. The third-order valence-electron chi connectivity index (χ3n) is 3.10. The van der Waals surface area contributed by atoms with Crippen LogP contribution >= 0.6 is 0 Å². The lowest BCUT2D eigenvalue weighted by molar-refractivity contribution is 0.0634. The molecule has 0 fully saturated rings. The number of nitrogens with two attached hydrogens (primary N) is 1. The second kappa shape index (κ2) is 7.07. The minimum atomic E-state index is -0.0603. The van der Waals surface area contributed by atoms with Gasteiger partial charge in [0.2, 0.25) is 0 Å².